The van der Waals surface area contributed by atoms with Crippen molar-refractivity contribution in [1.29, 1.82) is 0 Å². The first-order valence-electron chi connectivity index (χ1n) is 9.33. The molecule has 2 amide bonds. The summed E-state index contributed by atoms with van der Waals surface area (Å²) in [5, 5.41) is 13.7. The van der Waals surface area contributed by atoms with Crippen LogP contribution in [0.2, 0.25) is 10.0 Å². The Kier molecular flexibility index (Phi) is 5.67. The van der Waals surface area contributed by atoms with Gasteiger partial charge in [-0.25, -0.2) is 4.79 Å². The summed E-state index contributed by atoms with van der Waals surface area (Å²) in [4.78, 5) is 40.4. The highest BCUT2D eigenvalue weighted by Gasteiger charge is 2.43. The van der Waals surface area contributed by atoms with Gasteiger partial charge in [0, 0.05) is 10.0 Å². The van der Waals surface area contributed by atoms with Gasteiger partial charge in [-0.05, 0) is 47.5 Å². The van der Waals surface area contributed by atoms with Crippen LogP contribution >= 0.6 is 23.2 Å². The number of amides is 2. The maximum atomic E-state index is 13.6. The number of carboxylic acid groups (broad SMARTS) is 1. The van der Waals surface area contributed by atoms with E-state index in [9.17, 15) is 19.5 Å². The van der Waals surface area contributed by atoms with Gasteiger partial charge in [0.15, 0.2) is 6.04 Å². The number of aliphatic carboxylic acids is 1. The van der Waals surface area contributed by atoms with Crippen LogP contribution in [0.1, 0.15) is 33.6 Å². The van der Waals surface area contributed by atoms with E-state index in [4.69, 9.17) is 23.2 Å². The molecule has 2 unspecified atom stereocenters. The second-order valence-corrected chi connectivity index (χ2v) is 7.87. The first-order valence-corrected chi connectivity index (χ1v) is 10.1. The molecule has 4 rings (SSSR count). The summed E-state index contributed by atoms with van der Waals surface area (Å²) in [6, 6.07) is 16.4. The number of carbonyl (C=O) groups excluding carboxylic acids is 2. The van der Waals surface area contributed by atoms with E-state index in [-0.39, 0.29) is 5.56 Å². The fraction of sp³-hybridized carbons (Fsp3) is 0.0870. The zero-order valence-electron chi connectivity index (χ0n) is 16.0. The van der Waals surface area contributed by atoms with Crippen LogP contribution in [-0.4, -0.2) is 27.8 Å². The van der Waals surface area contributed by atoms with Crippen LogP contribution in [-0.2, 0) is 9.59 Å². The standard InChI is InChI=1S/C23H16Cl2N2O4/c24-15-9-5-13(6-10-15)19-21(28)26-18-4-2-1-3-17(18)22(29)27(19)20(23(30)31)14-7-11-16(25)12-8-14/h1-12,19-20H,(H,26,28)(H,30,31). The predicted octanol–water partition coefficient (Wildman–Crippen LogP) is 4.95. The molecule has 8 heteroatoms. The van der Waals surface area contributed by atoms with E-state index in [1.165, 1.54) is 12.1 Å². The highest BCUT2D eigenvalue weighted by Crippen LogP contribution is 2.38. The summed E-state index contributed by atoms with van der Waals surface area (Å²) >= 11 is 12.0. The molecule has 0 radical (unpaired) electrons. The summed E-state index contributed by atoms with van der Waals surface area (Å²) in [6.45, 7) is 0. The Bertz CT molecular complexity index is 1160. The van der Waals surface area contributed by atoms with E-state index in [1.807, 2.05) is 0 Å². The normalized spacial score (nSPS) is 16.8. The molecule has 0 aromatic heterocycles. The number of nitrogens with one attached hydrogen (secondary N) is 1. The molecule has 156 valence electrons. The van der Waals surface area contributed by atoms with Crippen LogP contribution in [0, 0.1) is 0 Å². The third kappa shape index (κ3) is 4.00. The number of rotatable bonds is 4. The lowest BCUT2D eigenvalue weighted by Gasteiger charge is -2.34. The van der Waals surface area contributed by atoms with Gasteiger partial charge in [0.1, 0.15) is 6.04 Å². The summed E-state index contributed by atoms with van der Waals surface area (Å²) in [7, 11) is 0. The SMILES string of the molecule is O=C(O)C(c1ccc(Cl)cc1)N1C(=O)c2ccccc2NC(=O)C1c1ccc(Cl)cc1. The summed E-state index contributed by atoms with van der Waals surface area (Å²) in [5.41, 5.74) is 1.27. The predicted molar refractivity (Wildman–Crippen MR) is 117 cm³/mol. The molecule has 1 heterocycles. The number of hydrogen-bond acceptors (Lipinski definition) is 3. The van der Waals surface area contributed by atoms with Crippen molar-refractivity contribution >= 4 is 46.7 Å². The smallest absolute Gasteiger partial charge is 0.331 e. The Morgan fingerprint density at radius 1 is 0.903 bits per heavy atom. The molecule has 2 N–H and O–H groups in total. The van der Waals surface area contributed by atoms with Gasteiger partial charge in [-0.1, -0.05) is 59.6 Å². The lowest BCUT2D eigenvalue weighted by Crippen LogP contribution is -2.44. The number of halogens is 2. The summed E-state index contributed by atoms with van der Waals surface area (Å²) in [6.07, 6.45) is 0. The molecule has 3 aromatic carbocycles. The Balaban J connectivity index is 1.94. The number of hydrogen-bond donors (Lipinski definition) is 2. The van der Waals surface area contributed by atoms with E-state index >= 15 is 0 Å². The molecule has 6 nitrogen and oxygen atoms in total. The zero-order valence-corrected chi connectivity index (χ0v) is 17.5. The molecule has 0 saturated heterocycles. The number of anilines is 1. The van der Waals surface area contributed by atoms with Gasteiger partial charge in [0.05, 0.1) is 11.3 Å². The number of nitrogens with zero attached hydrogens (tertiary/aromatic N) is 1. The second-order valence-electron chi connectivity index (χ2n) is 6.99. The summed E-state index contributed by atoms with van der Waals surface area (Å²) in [5.74, 6) is -2.39. The van der Waals surface area contributed by atoms with E-state index in [2.05, 4.69) is 5.32 Å². The highest BCUT2D eigenvalue weighted by atomic mass is 35.5. The maximum absolute atomic E-state index is 13.6. The van der Waals surface area contributed by atoms with Crippen LogP contribution in [0.25, 0.3) is 0 Å². The van der Waals surface area contributed by atoms with Crippen molar-refractivity contribution in [1.82, 2.24) is 4.90 Å². The maximum Gasteiger partial charge on any atom is 0.331 e. The molecule has 0 aliphatic carbocycles. The molecule has 2 atom stereocenters. The van der Waals surface area contributed by atoms with Crippen LogP contribution in [0.15, 0.2) is 72.8 Å². The van der Waals surface area contributed by atoms with E-state index in [0.29, 0.717) is 26.9 Å². The number of fused-ring (bicyclic) bond motifs is 1. The van der Waals surface area contributed by atoms with Crippen molar-refractivity contribution in [2.45, 2.75) is 12.1 Å². The number of carboxylic acids is 1. The number of benzene rings is 3. The van der Waals surface area contributed by atoms with E-state index < -0.39 is 29.9 Å². The largest absolute Gasteiger partial charge is 0.479 e. The summed E-state index contributed by atoms with van der Waals surface area (Å²) < 4.78 is 0. The fourth-order valence-corrected chi connectivity index (χ4v) is 3.90. The number of carbonyl (C=O) groups is 3. The monoisotopic (exact) mass is 454 g/mol. The third-order valence-electron chi connectivity index (χ3n) is 5.06. The Hall–Kier alpha value is -3.35. The molecule has 0 spiro atoms. The lowest BCUT2D eigenvalue weighted by molar-refractivity contribution is -0.144. The van der Waals surface area contributed by atoms with Crippen molar-refractivity contribution in [3.8, 4) is 0 Å². The van der Waals surface area contributed by atoms with Gasteiger partial charge in [-0.2, -0.15) is 0 Å². The van der Waals surface area contributed by atoms with Crippen molar-refractivity contribution in [3.63, 3.8) is 0 Å². The Labute approximate surface area is 188 Å². The Morgan fingerprint density at radius 3 is 2.10 bits per heavy atom. The topological polar surface area (TPSA) is 86.7 Å². The van der Waals surface area contributed by atoms with Gasteiger partial charge in [-0.15, -0.1) is 0 Å². The van der Waals surface area contributed by atoms with Crippen LogP contribution in [0.3, 0.4) is 0 Å². The first kappa shape index (κ1) is 20.9. The van der Waals surface area contributed by atoms with Gasteiger partial charge >= 0.3 is 5.97 Å². The average molecular weight is 455 g/mol. The van der Waals surface area contributed by atoms with E-state index in [0.717, 1.165) is 4.90 Å². The molecule has 31 heavy (non-hydrogen) atoms. The van der Waals surface area contributed by atoms with Crippen LogP contribution in [0.4, 0.5) is 5.69 Å². The van der Waals surface area contributed by atoms with Crippen molar-refractivity contribution in [2.75, 3.05) is 5.32 Å². The molecule has 3 aromatic rings. The average Bonchev–Trinajstić information content (AvgIpc) is 2.85. The minimum Gasteiger partial charge on any atom is -0.479 e. The van der Waals surface area contributed by atoms with Crippen molar-refractivity contribution in [2.24, 2.45) is 0 Å². The quantitative estimate of drug-likeness (QED) is 0.583. The molecule has 0 bridgehead atoms. The first-order chi connectivity index (χ1) is 14.9. The molecule has 1 aliphatic heterocycles. The molecule has 0 saturated carbocycles. The molecule has 1 aliphatic rings. The number of para-hydroxylation sites is 1. The molecular formula is C23H16Cl2N2O4. The van der Waals surface area contributed by atoms with Gasteiger partial charge in [-0.3, -0.25) is 9.59 Å². The van der Waals surface area contributed by atoms with Crippen molar-refractivity contribution < 1.29 is 19.5 Å². The van der Waals surface area contributed by atoms with E-state index in [1.54, 1.807) is 60.7 Å². The highest BCUT2D eigenvalue weighted by molar-refractivity contribution is 6.30. The van der Waals surface area contributed by atoms with Crippen LogP contribution in [0.5, 0.6) is 0 Å². The fourth-order valence-electron chi connectivity index (χ4n) is 3.65. The molecule has 0 fully saturated rings. The minimum atomic E-state index is -1.43. The second kappa shape index (κ2) is 8.41. The minimum absolute atomic E-state index is 0.201. The van der Waals surface area contributed by atoms with Gasteiger partial charge < -0.3 is 15.3 Å². The van der Waals surface area contributed by atoms with Crippen LogP contribution < -0.4 is 5.32 Å². The van der Waals surface area contributed by atoms with Crippen molar-refractivity contribution in [3.05, 3.63) is 99.5 Å². The lowest BCUT2D eigenvalue weighted by atomic mass is 9.98. The van der Waals surface area contributed by atoms with Gasteiger partial charge in [0.25, 0.3) is 11.8 Å². The van der Waals surface area contributed by atoms with Gasteiger partial charge in [0.2, 0.25) is 0 Å². The third-order valence-corrected chi connectivity index (χ3v) is 5.56. The molecular weight excluding hydrogens is 439 g/mol. The Morgan fingerprint density at radius 2 is 1.48 bits per heavy atom. The zero-order chi connectivity index (χ0) is 22.1.